The molecule has 0 aromatic heterocycles. The van der Waals surface area contributed by atoms with Gasteiger partial charge in [-0.3, -0.25) is 20.5 Å². The van der Waals surface area contributed by atoms with Crippen molar-refractivity contribution in [3.8, 4) is 0 Å². The van der Waals surface area contributed by atoms with E-state index in [0.717, 1.165) is 4.90 Å². The Kier molecular flexibility index (Phi) is 1.72. The number of carbonyl (C=O) groups excluding carboxylic acids is 1. The molecule has 0 saturated carbocycles. The third kappa shape index (κ3) is 0.903. The topological polar surface area (TPSA) is 88.2 Å². The zero-order chi connectivity index (χ0) is 9.46. The van der Waals surface area contributed by atoms with E-state index in [-0.39, 0.29) is 22.9 Å². The predicted molar refractivity (Wildman–Crippen MR) is 43.6 cm³/mol. The van der Waals surface area contributed by atoms with Gasteiger partial charge < -0.3 is 5.11 Å². The van der Waals surface area contributed by atoms with Crippen LogP contribution in [0.2, 0.25) is 0 Å². The Morgan fingerprint density at radius 1 is 1.50 bits per heavy atom. The molecule has 64 valence electrons. The summed E-state index contributed by atoms with van der Waals surface area (Å²) >= 11 is 0. The highest BCUT2D eigenvalue weighted by Crippen LogP contribution is 2.16. The minimum absolute atomic E-state index is 0.0810. The molecular weight excluding hydrogens is 158 g/mol. The van der Waals surface area contributed by atoms with Crippen molar-refractivity contribution in [2.24, 2.45) is 0 Å². The van der Waals surface area contributed by atoms with Gasteiger partial charge in [0.15, 0.2) is 5.84 Å². The summed E-state index contributed by atoms with van der Waals surface area (Å²) in [5, 5.41) is 23.6. The first-order chi connectivity index (χ1) is 5.46. The fourth-order valence-corrected chi connectivity index (χ4v) is 0.998. The average Bonchev–Trinajstić information content (AvgIpc) is 2.16. The van der Waals surface area contributed by atoms with E-state index in [1.807, 2.05) is 0 Å². The maximum absolute atomic E-state index is 11.2. The number of aliphatic hydroxyl groups excluding tert-OH is 1. The van der Waals surface area contributed by atoms with Crippen LogP contribution in [-0.2, 0) is 4.79 Å². The molecule has 0 aromatic rings. The highest BCUT2D eigenvalue weighted by atomic mass is 16.3. The normalized spacial score (nSPS) is 22.2. The molecule has 0 bridgehead atoms. The number of hydrogen-bond donors (Lipinski definition) is 3. The van der Waals surface area contributed by atoms with Crippen LogP contribution in [0.25, 0.3) is 0 Å². The van der Waals surface area contributed by atoms with Crippen molar-refractivity contribution in [1.82, 2.24) is 4.90 Å². The van der Waals surface area contributed by atoms with E-state index in [4.69, 9.17) is 15.9 Å². The van der Waals surface area contributed by atoms with E-state index in [2.05, 4.69) is 0 Å². The summed E-state index contributed by atoms with van der Waals surface area (Å²) in [7, 11) is 1.40. The van der Waals surface area contributed by atoms with Gasteiger partial charge in [-0.15, -0.1) is 0 Å². The van der Waals surface area contributed by atoms with E-state index >= 15 is 0 Å². The molecule has 0 aliphatic carbocycles. The minimum atomic E-state index is -0.495. The van der Waals surface area contributed by atoms with E-state index in [9.17, 15) is 4.79 Å². The number of aliphatic hydroxyl groups is 1. The Labute approximate surface area is 69.3 Å². The summed E-state index contributed by atoms with van der Waals surface area (Å²) < 4.78 is 0. The summed E-state index contributed by atoms with van der Waals surface area (Å²) in [4.78, 5) is 12.2. The molecule has 1 rings (SSSR count). The molecule has 1 fully saturated rings. The first-order valence-corrected chi connectivity index (χ1v) is 3.32. The zero-order valence-electron chi connectivity index (χ0n) is 6.80. The molecule has 1 aliphatic heterocycles. The number of likely N-dealkylation sites (tertiary alicyclic amines) is 1. The van der Waals surface area contributed by atoms with Crippen LogP contribution < -0.4 is 0 Å². The molecule has 12 heavy (non-hydrogen) atoms. The smallest absolute Gasteiger partial charge is 0.264 e. The monoisotopic (exact) mass is 167 g/mol. The minimum Gasteiger partial charge on any atom is -0.512 e. The van der Waals surface area contributed by atoms with Crippen molar-refractivity contribution in [2.75, 3.05) is 7.05 Å². The van der Waals surface area contributed by atoms with Gasteiger partial charge in [0.25, 0.3) is 5.91 Å². The lowest BCUT2D eigenvalue weighted by Gasteiger charge is -2.03. The van der Waals surface area contributed by atoms with Crippen LogP contribution in [0.4, 0.5) is 0 Å². The SMILES string of the molecule is C/C(O)=C1\C(=N)C(=N)N(C)C1=O. The summed E-state index contributed by atoms with van der Waals surface area (Å²) in [5.74, 6) is -0.882. The number of rotatable bonds is 0. The maximum Gasteiger partial charge on any atom is 0.264 e. The van der Waals surface area contributed by atoms with Gasteiger partial charge in [0.1, 0.15) is 17.0 Å². The van der Waals surface area contributed by atoms with Gasteiger partial charge in [0.05, 0.1) is 0 Å². The molecule has 0 unspecified atom stereocenters. The van der Waals surface area contributed by atoms with Gasteiger partial charge in [0, 0.05) is 7.05 Å². The predicted octanol–water partition coefficient (Wildman–Crippen LogP) is 0.287. The summed E-state index contributed by atoms with van der Waals surface area (Å²) in [6, 6.07) is 0. The largest absolute Gasteiger partial charge is 0.512 e. The third-order valence-corrected chi connectivity index (χ3v) is 1.70. The molecule has 3 N–H and O–H groups in total. The van der Waals surface area contributed by atoms with Crippen LogP contribution in [-0.4, -0.2) is 34.5 Å². The molecule has 0 radical (unpaired) electrons. The summed E-state index contributed by atoms with van der Waals surface area (Å²) in [6.45, 7) is 1.33. The highest BCUT2D eigenvalue weighted by Gasteiger charge is 2.35. The Bertz CT molecular complexity index is 313. The van der Waals surface area contributed by atoms with Gasteiger partial charge in [-0.2, -0.15) is 0 Å². The van der Waals surface area contributed by atoms with Crippen molar-refractivity contribution in [1.29, 1.82) is 10.8 Å². The number of nitrogens with one attached hydrogen (secondary N) is 2. The van der Waals surface area contributed by atoms with Crippen molar-refractivity contribution in [3.63, 3.8) is 0 Å². The Hall–Kier alpha value is -1.65. The summed E-state index contributed by atoms with van der Waals surface area (Å²) in [5.41, 5.74) is -0.301. The van der Waals surface area contributed by atoms with Crippen LogP contribution in [0, 0.1) is 10.8 Å². The van der Waals surface area contributed by atoms with E-state index in [0.29, 0.717) is 0 Å². The van der Waals surface area contributed by atoms with E-state index in [1.165, 1.54) is 14.0 Å². The van der Waals surface area contributed by atoms with Gasteiger partial charge in [-0.05, 0) is 6.92 Å². The molecular formula is C7H9N3O2. The second kappa shape index (κ2) is 2.44. The van der Waals surface area contributed by atoms with Crippen LogP contribution >= 0.6 is 0 Å². The summed E-state index contributed by atoms with van der Waals surface area (Å²) in [6.07, 6.45) is 0. The second-order valence-electron chi connectivity index (χ2n) is 2.55. The average molecular weight is 167 g/mol. The van der Waals surface area contributed by atoms with E-state index in [1.54, 1.807) is 0 Å². The second-order valence-corrected chi connectivity index (χ2v) is 2.55. The van der Waals surface area contributed by atoms with Gasteiger partial charge in [-0.25, -0.2) is 0 Å². The van der Waals surface area contributed by atoms with Crippen LogP contribution in [0.5, 0.6) is 0 Å². The maximum atomic E-state index is 11.2. The molecule has 1 heterocycles. The fraction of sp³-hybridized carbons (Fsp3) is 0.286. The lowest BCUT2D eigenvalue weighted by atomic mass is 10.1. The Balaban J connectivity index is 3.27. The fourth-order valence-electron chi connectivity index (χ4n) is 0.998. The Morgan fingerprint density at radius 3 is 2.17 bits per heavy atom. The number of hydrogen-bond acceptors (Lipinski definition) is 4. The molecule has 1 amide bonds. The van der Waals surface area contributed by atoms with Gasteiger partial charge >= 0.3 is 0 Å². The van der Waals surface area contributed by atoms with E-state index < -0.39 is 5.91 Å². The number of nitrogens with zero attached hydrogens (tertiary/aromatic N) is 1. The lowest BCUT2D eigenvalue weighted by Crippen LogP contribution is -2.25. The lowest BCUT2D eigenvalue weighted by molar-refractivity contribution is -0.121. The van der Waals surface area contributed by atoms with Gasteiger partial charge in [0.2, 0.25) is 0 Å². The van der Waals surface area contributed by atoms with Crippen LogP contribution in [0.3, 0.4) is 0 Å². The molecule has 1 aliphatic rings. The third-order valence-electron chi connectivity index (χ3n) is 1.70. The molecule has 5 nitrogen and oxygen atoms in total. The molecule has 0 atom stereocenters. The standard InChI is InChI=1S/C7H9N3O2/c1-3(11)4-5(8)6(9)10(2)7(4)12/h8-9,11H,1-2H3/b4-3-,8-5?,9-6?. The van der Waals surface area contributed by atoms with Crippen LogP contribution in [0.15, 0.2) is 11.3 Å². The number of likely N-dealkylation sites (N-methyl/N-ethyl adjacent to an activating group) is 1. The first-order valence-electron chi connectivity index (χ1n) is 3.32. The van der Waals surface area contributed by atoms with Crippen molar-refractivity contribution < 1.29 is 9.90 Å². The number of amides is 1. The first kappa shape index (κ1) is 8.45. The number of allylic oxidation sites excluding steroid dienone is 1. The molecule has 5 heteroatoms. The van der Waals surface area contributed by atoms with Crippen molar-refractivity contribution in [3.05, 3.63) is 11.3 Å². The number of amidine groups is 1. The molecule has 1 saturated heterocycles. The van der Waals surface area contributed by atoms with Crippen LogP contribution in [0.1, 0.15) is 6.92 Å². The quantitative estimate of drug-likeness (QED) is 0.357. The Morgan fingerprint density at radius 2 is 2.00 bits per heavy atom. The zero-order valence-corrected chi connectivity index (χ0v) is 6.80. The molecule has 0 aromatic carbocycles. The molecule has 0 spiro atoms. The highest BCUT2D eigenvalue weighted by molar-refractivity contribution is 6.58. The van der Waals surface area contributed by atoms with Crippen molar-refractivity contribution in [2.45, 2.75) is 6.92 Å². The van der Waals surface area contributed by atoms with Crippen molar-refractivity contribution >= 4 is 17.5 Å². The number of carbonyl (C=O) groups is 1. The van der Waals surface area contributed by atoms with Gasteiger partial charge in [-0.1, -0.05) is 0 Å².